The summed E-state index contributed by atoms with van der Waals surface area (Å²) < 4.78 is 32.8. The van der Waals surface area contributed by atoms with Gasteiger partial charge in [0.1, 0.15) is 12.6 Å². The number of amides is 2. The van der Waals surface area contributed by atoms with E-state index in [4.69, 9.17) is 8.92 Å². The van der Waals surface area contributed by atoms with E-state index in [1.54, 1.807) is 0 Å². The normalized spacial score (nSPS) is 19.3. The van der Waals surface area contributed by atoms with Crippen molar-refractivity contribution < 1.29 is 31.9 Å². The summed E-state index contributed by atoms with van der Waals surface area (Å²) in [6.07, 6.45) is -0.740. The standard InChI is InChI=1S/C16H21N3O8S/c1-17(2)15(20)14-8-13(27-28(3,24)25)9-18(14)16(21)26-10-11-4-6-12(7-5-11)19(22)23/h4-7,13-14H,8-10H2,1-3H3/t13-,14+/m1/s1. The third kappa shape index (κ3) is 5.63. The summed E-state index contributed by atoms with van der Waals surface area (Å²) in [5.41, 5.74) is 0.435. The average molecular weight is 415 g/mol. The van der Waals surface area contributed by atoms with Gasteiger partial charge in [0, 0.05) is 32.6 Å². The number of hydrogen-bond acceptors (Lipinski definition) is 8. The predicted molar refractivity (Wildman–Crippen MR) is 96.8 cm³/mol. The van der Waals surface area contributed by atoms with Gasteiger partial charge in [-0.25, -0.2) is 4.79 Å². The van der Waals surface area contributed by atoms with Crippen LogP contribution in [-0.2, 0) is 30.4 Å². The molecule has 154 valence electrons. The van der Waals surface area contributed by atoms with Gasteiger partial charge >= 0.3 is 6.09 Å². The Bertz CT molecular complexity index is 853. The summed E-state index contributed by atoms with van der Waals surface area (Å²) in [7, 11) is -0.709. The Morgan fingerprint density at radius 3 is 2.39 bits per heavy atom. The molecule has 12 heteroatoms. The van der Waals surface area contributed by atoms with Crippen LogP contribution < -0.4 is 0 Å². The van der Waals surface area contributed by atoms with Gasteiger partial charge in [-0.15, -0.1) is 0 Å². The van der Waals surface area contributed by atoms with Gasteiger partial charge in [0.2, 0.25) is 5.91 Å². The molecule has 1 aliphatic rings. The first-order valence-electron chi connectivity index (χ1n) is 8.24. The second-order valence-corrected chi connectivity index (χ2v) is 8.14. The Labute approximate surface area is 162 Å². The summed E-state index contributed by atoms with van der Waals surface area (Å²) >= 11 is 0. The highest BCUT2D eigenvalue weighted by molar-refractivity contribution is 7.86. The molecule has 0 spiro atoms. The topological polar surface area (TPSA) is 136 Å². The van der Waals surface area contributed by atoms with Gasteiger partial charge in [-0.2, -0.15) is 8.42 Å². The number of nitro groups is 1. The van der Waals surface area contributed by atoms with Crippen molar-refractivity contribution in [3.05, 3.63) is 39.9 Å². The van der Waals surface area contributed by atoms with Crippen LogP contribution in [0.3, 0.4) is 0 Å². The fraction of sp³-hybridized carbons (Fsp3) is 0.500. The van der Waals surface area contributed by atoms with Crippen molar-refractivity contribution in [1.82, 2.24) is 9.80 Å². The minimum absolute atomic E-state index is 0.0245. The quantitative estimate of drug-likeness (QED) is 0.377. The first-order valence-corrected chi connectivity index (χ1v) is 10.1. The number of benzene rings is 1. The largest absolute Gasteiger partial charge is 0.445 e. The van der Waals surface area contributed by atoms with E-state index in [-0.39, 0.29) is 31.2 Å². The summed E-state index contributed by atoms with van der Waals surface area (Å²) in [6, 6.07) is 4.56. The Morgan fingerprint density at radius 1 is 1.29 bits per heavy atom. The molecule has 1 aromatic rings. The van der Waals surface area contributed by atoms with E-state index >= 15 is 0 Å². The van der Waals surface area contributed by atoms with Gasteiger partial charge in [-0.3, -0.25) is 24.0 Å². The summed E-state index contributed by atoms with van der Waals surface area (Å²) in [4.78, 5) is 37.4. The molecule has 28 heavy (non-hydrogen) atoms. The van der Waals surface area contributed by atoms with Crippen molar-refractivity contribution in [2.24, 2.45) is 0 Å². The van der Waals surface area contributed by atoms with Gasteiger partial charge in [-0.1, -0.05) is 0 Å². The lowest BCUT2D eigenvalue weighted by Crippen LogP contribution is -2.45. The number of carbonyl (C=O) groups excluding carboxylic acids is 2. The molecule has 0 N–H and O–H groups in total. The maximum Gasteiger partial charge on any atom is 0.410 e. The van der Waals surface area contributed by atoms with E-state index in [0.29, 0.717) is 5.56 Å². The summed E-state index contributed by atoms with van der Waals surface area (Å²) in [5.74, 6) is -0.383. The molecule has 0 aliphatic carbocycles. The molecular weight excluding hydrogens is 394 g/mol. The number of likely N-dealkylation sites (N-methyl/N-ethyl adjacent to an activating group) is 1. The first kappa shape index (κ1) is 21.6. The molecular formula is C16H21N3O8S. The number of rotatable bonds is 6. The second kappa shape index (κ2) is 8.52. The lowest BCUT2D eigenvalue weighted by Gasteiger charge is -2.25. The van der Waals surface area contributed by atoms with Crippen molar-refractivity contribution in [3.63, 3.8) is 0 Å². The number of likely N-dealkylation sites (tertiary alicyclic amines) is 1. The fourth-order valence-electron chi connectivity index (χ4n) is 2.79. The first-order chi connectivity index (χ1) is 13.0. The highest BCUT2D eigenvalue weighted by Gasteiger charge is 2.42. The Hall–Kier alpha value is -2.73. The molecule has 0 saturated carbocycles. The SMILES string of the molecule is CN(C)C(=O)[C@@H]1C[C@@H](OS(C)(=O)=O)CN1C(=O)OCc1ccc([N+](=O)[O-])cc1. The zero-order valence-corrected chi connectivity index (χ0v) is 16.4. The Balaban J connectivity index is 2.06. The van der Waals surface area contributed by atoms with Crippen molar-refractivity contribution in [2.45, 2.75) is 25.2 Å². The van der Waals surface area contributed by atoms with Crippen LogP contribution in [0.2, 0.25) is 0 Å². The second-order valence-electron chi connectivity index (χ2n) is 6.54. The highest BCUT2D eigenvalue weighted by Crippen LogP contribution is 2.24. The minimum Gasteiger partial charge on any atom is -0.445 e. The molecule has 1 saturated heterocycles. The summed E-state index contributed by atoms with van der Waals surface area (Å²) in [6.45, 7) is -0.274. The predicted octanol–water partition coefficient (Wildman–Crippen LogP) is 0.739. The van der Waals surface area contributed by atoms with Crippen LogP contribution in [-0.4, -0.2) is 74.2 Å². The van der Waals surface area contributed by atoms with Crippen LogP contribution >= 0.6 is 0 Å². The molecule has 1 fully saturated rings. The number of carbonyl (C=O) groups is 2. The van der Waals surface area contributed by atoms with Crippen LogP contribution in [0.4, 0.5) is 10.5 Å². The van der Waals surface area contributed by atoms with Crippen LogP contribution in [0, 0.1) is 10.1 Å². The van der Waals surface area contributed by atoms with E-state index in [9.17, 15) is 28.1 Å². The smallest absolute Gasteiger partial charge is 0.410 e. The zero-order valence-electron chi connectivity index (χ0n) is 15.6. The third-order valence-corrected chi connectivity index (χ3v) is 4.67. The van der Waals surface area contributed by atoms with Crippen LogP contribution in [0.5, 0.6) is 0 Å². The molecule has 1 aliphatic heterocycles. The van der Waals surface area contributed by atoms with Gasteiger partial charge in [0.15, 0.2) is 0 Å². The fourth-order valence-corrected chi connectivity index (χ4v) is 3.42. The van der Waals surface area contributed by atoms with Crippen LogP contribution in [0.15, 0.2) is 24.3 Å². The van der Waals surface area contributed by atoms with Crippen LogP contribution in [0.1, 0.15) is 12.0 Å². The molecule has 11 nitrogen and oxygen atoms in total. The van der Waals surface area contributed by atoms with E-state index in [2.05, 4.69) is 0 Å². The Kier molecular flexibility index (Phi) is 6.56. The number of non-ortho nitro benzene ring substituents is 1. The molecule has 1 aromatic carbocycles. The van der Waals surface area contributed by atoms with Gasteiger partial charge < -0.3 is 9.64 Å². The lowest BCUT2D eigenvalue weighted by molar-refractivity contribution is -0.384. The Morgan fingerprint density at radius 2 is 1.89 bits per heavy atom. The van der Waals surface area contributed by atoms with Crippen LogP contribution in [0.25, 0.3) is 0 Å². The molecule has 2 rings (SSSR count). The molecule has 2 amide bonds. The lowest BCUT2D eigenvalue weighted by atomic mass is 10.2. The third-order valence-electron chi connectivity index (χ3n) is 4.04. The number of nitrogens with zero attached hydrogens (tertiary/aromatic N) is 3. The molecule has 0 bridgehead atoms. The number of ether oxygens (including phenoxy) is 1. The molecule has 2 atom stereocenters. The van der Waals surface area contributed by atoms with Crippen molar-refractivity contribution in [2.75, 3.05) is 26.9 Å². The van der Waals surface area contributed by atoms with E-state index < -0.39 is 33.3 Å². The number of hydrogen-bond donors (Lipinski definition) is 0. The molecule has 0 aromatic heterocycles. The maximum atomic E-state index is 12.5. The molecule has 0 radical (unpaired) electrons. The van der Waals surface area contributed by atoms with E-state index in [1.807, 2.05) is 0 Å². The monoisotopic (exact) mass is 415 g/mol. The average Bonchev–Trinajstić information content (AvgIpc) is 3.01. The summed E-state index contributed by atoms with van der Waals surface area (Å²) in [5, 5.41) is 10.7. The molecule has 0 unspecified atom stereocenters. The van der Waals surface area contributed by atoms with Crippen molar-refractivity contribution >= 4 is 27.8 Å². The maximum absolute atomic E-state index is 12.5. The van der Waals surface area contributed by atoms with Crippen molar-refractivity contribution in [3.8, 4) is 0 Å². The van der Waals surface area contributed by atoms with E-state index in [1.165, 1.54) is 43.3 Å². The zero-order chi connectivity index (χ0) is 21.1. The molecule has 1 heterocycles. The minimum atomic E-state index is -3.75. The van der Waals surface area contributed by atoms with Crippen molar-refractivity contribution in [1.29, 1.82) is 0 Å². The van der Waals surface area contributed by atoms with Gasteiger partial charge in [-0.05, 0) is 17.7 Å². The van der Waals surface area contributed by atoms with Gasteiger partial charge in [0.05, 0.1) is 23.8 Å². The van der Waals surface area contributed by atoms with E-state index in [0.717, 1.165) is 11.2 Å². The number of nitro benzene ring substituents is 1. The highest BCUT2D eigenvalue weighted by atomic mass is 32.2. The van der Waals surface area contributed by atoms with Gasteiger partial charge in [0.25, 0.3) is 15.8 Å².